The molecule has 0 saturated heterocycles. The van der Waals surface area contributed by atoms with Crippen LogP contribution in [0.5, 0.6) is 17.2 Å². The summed E-state index contributed by atoms with van der Waals surface area (Å²) in [5.74, 6) is -0.457. The molecule has 2 aromatic rings. The summed E-state index contributed by atoms with van der Waals surface area (Å²) in [5, 5.41) is 0. The molecule has 19 heavy (non-hydrogen) atoms. The predicted octanol–water partition coefficient (Wildman–Crippen LogP) is 3.74. The summed E-state index contributed by atoms with van der Waals surface area (Å²) in [6.45, 7) is 2.32. The quantitative estimate of drug-likeness (QED) is 0.856. The van der Waals surface area contributed by atoms with E-state index in [1.54, 1.807) is 18.2 Å². The zero-order chi connectivity index (χ0) is 13.8. The Labute approximate surface area is 109 Å². The van der Waals surface area contributed by atoms with Gasteiger partial charge in [0, 0.05) is 42.1 Å². The van der Waals surface area contributed by atoms with Crippen molar-refractivity contribution in [2.75, 3.05) is 12.3 Å². The lowest BCUT2D eigenvalue weighted by Gasteiger charge is -2.10. The van der Waals surface area contributed by atoms with Gasteiger partial charge in [-0.3, -0.25) is 0 Å². The second-order valence-corrected chi connectivity index (χ2v) is 3.88. The SMILES string of the molecule is CCOc1cc(N)cc(Oc2cc(F)cc(F)c2)c1. The zero-order valence-electron chi connectivity index (χ0n) is 10.3. The Morgan fingerprint density at radius 3 is 2.11 bits per heavy atom. The number of nitrogen functional groups attached to an aromatic ring is 1. The first-order valence-electron chi connectivity index (χ1n) is 5.74. The first kappa shape index (κ1) is 13.1. The Bertz CT molecular complexity index is 567. The molecule has 0 aromatic heterocycles. The first-order valence-corrected chi connectivity index (χ1v) is 5.74. The van der Waals surface area contributed by atoms with Crippen molar-refractivity contribution in [3.8, 4) is 17.2 Å². The Hall–Kier alpha value is -2.30. The Morgan fingerprint density at radius 1 is 0.895 bits per heavy atom. The van der Waals surface area contributed by atoms with Crippen LogP contribution in [0.2, 0.25) is 0 Å². The molecule has 0 saturated carbocycles. The summed E-state index contributed by atoms with van der Waals surface area (Å²) in [5.41, 5.74) is 6.14. The number of ether oxygens (including phenoxy) is 2. The van der Waals surface area contributed by atoms with E-state index in [1.165, 1.54) is 0 Å². The van der Waals surface area contributed by atoms with Gasteiger partial charge in [-0.15, -0.1) is 0 Å². The van der Waals surface area contributed by atoms with E-state index in [2.05, 4.69) is 0 Å². The number of rotatable bonds is 4. The van der Waals surface area contributed by atoms with Crippen LogP contribution in [0.4, 0.5) is 14.5 Å². The van der Waals surface area contributed by atoms with Crippen molar-refractivity contribution < 1.29 is 18.3 Å². The van der Waals surface area contributed by atoms with Gasteiger partial charge in [0.1, 0.15) is 28.9 Å². The zero-order valence-corrected chi connectivity index (χ0v) is 10.3. The summed E-state index contributed by atoms with van der Waals surface area (Å²) < 4.78 is 36.8. The van der Waals surface area contributed by atoms with Crippen molar-refractivity contribution in [1.82, 2.24) is 0 Å². The normalized spacial score (nSPS) is 10.3. The third-order valence-electron chi connectivity index (χ3n) is 2.29. The molecule has 0 fully saturated rings. The van der Waals surface area contributed by atoms with Gasteiger partial charge < -0.3 is 15.2 Å². The molecule has 0 aliphatic carbocycles. The number of benzene rings is 2. The van der Waals surface area contributed by atoms with E-state index in [0.717, 1.165) is 18.2 Å². The molecule has 5 heteroatoms. The number of hydrogen-bond donors (Lipinski definition) is 1. The van der Waals surface area contributed by atoms with Crippen LogP contribution in [0.1, 0.15) is 6.92 Å². The third kappa shape index (κ3) is 3.58. The Kier molecular flexibility index (Phi) is 3.85. The summed E-state index contributed by atoms with van der Waals surface area (Å²) >= 11 is 0. The molecule has 2 aromatic carbocycles. The molecule has 0 aliphatic rings. The Morgan fingerprint density at radius 2 is 1.47 bits per heavy atom. The Balaban J connectivity index is 2.27. The van der Waals surface area contributed by atoms with Crippen LogP contribution < -0.4 is 15.2 Å². The fourth-order valence-corrected chi connectivity index (χ4v) is 1.63. The van der Waals surface area contributed by atoms with E-state index in [0.29, 0.717) is 23.8 Å². The van der Waals surface area contributed by atoms with Gasteiger partial charge in [0.25, 0.3) is 0 Å². The minimum atomic E-state index is -0.705. The van der Waals surface area contributed by atoms with E-state index in [1.807, 2.05) is 6.92 Å². The molecular weight excluding hydrogens is 252 g/mol. The molecule has 0 unspecified atom stereocenters. The van der Waals surface area contributed by atoms with Crippen molar-refractivity contribution in [3.63, 3.8) is 0 Å². The van der Waals surface area contributed by atoms with Gasteiger partial charge in [0.05, 0.1) is 6.61 Å². The van der Waals surface area contributed by atoms with Crippen molar-refractivity contribution in [1.29, 1.82) is 0 Å². The largest absolute Gasteiger partial charge is 0.494 e. The molecular formula is C14H13F2NO2. The third-order valence-corrected chi connectivity index (χ3v) is 2.29. The molecule has 2 N–H and O–H groups in total. The molecule has 0 heterocycles. The van der Waals surface area contributed by atoms with Gasteiger partial charge in [0.15, 0.2) is 0 Å². The molecule has 0 bridgehead atoms. The molecule has 0 aliphatic heterocycles. The van der Waals surface area contributed by atoms with Gasteiger partial charge in [-0.2, -0.15) is 0 Å². The van der Waals surface area contributed by atoms with Crippen molar-refractivity contribution in [3.05, 3.63) is 48.0 Å². The number of nitrogens with two attached hydrogens (primary N) is 1. The molecule has 0 atom stereocenters. The summed E-state index contributed by atoms with van der Waals surface area (Å²) in [4.78, 5) is 0. The van der Waals surface area contributed by atoms with Crippen LogP contribution in [-0.4, -0.2) is 6.61 Å². The monoisotopic (exact) mass is 265 g/mol. The fraction of sp³-hybridized carbons (Fsp3) is 0.143. The van der Waals surface area contributed by atoms with Crippen molar-refractivity contribution in [2.45, 2.75) is 6.92 Å². The lowest BCUT2D eigenvalue weighted by molar-refractivity contribution is 0.338. The maximum Gasteiger partial charge on any atom is 0.133 e. The van der Waals surface area contributed by atoms with Crippen LogP contribution in [-0.2, 0) is 0 Å². The number of hydrogen-bond acceptors (Lipinski definition) is 3. The van der Waals surface area contributed by atoms with Gasteiger partial charge in [0.2, 0.25) is 0 Å². The van der Waals surface area contributed by atoms with E-state index >= 15 is 0 Å². The molecule has 3 nitrogen and oxygen atoms in total. The summed E-state index contributed by atoms with van der Waals surface area (Å²) in [6.07, 6.45) is 0. The smallest absolute Gasteiger partial charge is 0.133 e. The maximum atomic E-state index is 13.0. The predicted molar refractivity (Wildman–Crippen MR) is 68.5 cm³/mol. The standard InChI is InChI=1S/C14H13F2NO2/c1-2-18-12-6-11(17)7-14(8-12)19-13-4-9(15)3-10(16)5-13/h3-8H,2,17H2,1H3. The average Bonchev–Trinajstić information content (AvgIpc) is 2.26. The highest BCUT2D eigenvalue weighted by Gasteiger charge is 2.05. The minimum absolute atomic E-state index is 0.0607. The van der Waals surface area contributed by atoms with Crippen LogP contribution in [0.15, 0.2) is 36.4 Å². The minimum Gasteiger partial charge on any atom is -0.494 e. The first-order chi connectivity index (χ1) is 9.06. The fourth-order valence-electron chi connectivity index (χ4n) is 1.63. The van der Waals surface area contributed by atoms with Crippen LogP contribution >= 0.6 is 0 Å². The lowest BCUT2D eigenvalue weighted by atomic mass is 10.2. The van der Waals surface area contributed by atoms with Gasteiger partial charge in [-0.25, -0.2) is 8.78 Å². The maximum absolute atomic E-state index is 13.0. The number of halogens is 2. The molecule has 0 radical (unpaired) electrons. The highest BCUT2D eigenvalue weighted by Crippen LogP contribution is 2.29. The highest BCUT2D eigenvalue weighted by atomic mass is 19.1. The van der Waals surface area contributed by atoms with Crippen LogP contribution in [0.3, 0.4) is 0 Å². The van der Waals surface area contributed by atoms with Gasteiger partial charge in [-0.05, 0) is 6.92 Å². The van der Waals surface area contributed by atoms with Crippen molar-refractivity contribution >= 4 is 5.69 Å². The molecule has 0 amide bonds. The van der Waals surface area contributed by atoms with E-state index in [9.17, 15) is 8.78 Å². The van der Waals surface area contributed by atoms with E-state index in [-0.39, 0.29) is 5.75 Å². The highest BCUT2D eigenvalue weighted by molar-refractivity contribution is 5.51. The lowest BCUT2D eigenvalue weighted by Crippen LogP contribution is -1.95. The van der Waals surface area contributed by atoms with Gasteiger partial charge in [-0.1, -0.05) is 0 Å². The van der Waals surface area contributed by atoms with E-state index < -0.39 is 11.6 Å². The number of anilines is 1. The van der Waals surface area contributed by atoms with Crippen molar-refractivity contribution in [2.24, 2.45) is 0 Å². The summed E-state index contributed by atoms with van der Waals surface area (Å²) in [7, 11) is 0. The van der Waals surface area contributed by atoms with Gasteiger partial charge >= 0.3 is 0 Å². The van der Waals surface area contributed by atoms with Crippen LogP contribution in [0.25, 0.3) is 0 Å². The second-order valence-electron chi connectivity index (χ2n) is 3.88. The van der Waals surface area contributed by atoms with E-state index in [4.69, 9.17) is 15.2 Å². The van der Waals surface area contributed by atoms with Crippen LogP contribution in [0, 0.1) is 11.6 Å². The average molecular weight is 265 g/mol. The molecule has 2 rings (SSSR count). The second kappa shape index (κ2) is 5.56. The topological polar surface area (TPSA) is 44.5 Å². The molecule has 0 spiro atoms. The summed E-state index contributed by atoms with van der Waals surface area (Å²) in [6, 6.07) is 7.74. The molecule has 100 valence electrons.